The highest BCUT2D eigenvalue weighted by Crippen LogP contribution is 2.29. The Morgan fingerprint density at radius 3 is 2.85 bits per heavy atom. The minimum absolute atomic E-state index is 0.0354. The highest BCUT2D eigenvalue weighted by molar-refractivity contribution is 8.03. The molecule has 0 radical (unpaired) electrons. The van der Waals surface area contributed by atoms with Crippen LogP contribution in [-0.2, 0) is 4.79 Å². The van der Waals surface area contributed by atoms with Crippen LogP contribution in [0.1, 0.15) is 25.7 Å². The van der Waals surface area contributed by atoms with Gasteiger partial charge in [-0.3, -0.25) is 9.69 Å². The van der Waals surface area contributed by atoms with Gasteiger partial charge in [-0.05, 0) is 49.9 Å². The number of hydrogen-bond donors (Lipinski definition) is 1. The molecule has 4 nitrogen and oxygen atoms in total. The van der Waals surface area contributed by atoms with Crippen LogP contribution in [0.4, 0.5) is 5.69 Å². The van der Waals surface area contributed by atoms with Crippen LogP contribution < -0.4 is 10.1 Å². The van der Waals surface area contributed by atoms with Gasteiger partial charge in [-0.1, -0.05) is 11.6 Å². The zero-order chi connectivity index (χ0) is 19.1. The van der Waals surface area contributed by atoms with E-state index in [0.29, 0.717) is 34.8 Å². The number of amides is 1. The Bertz CT molecular complexity index is 624. The average molecular weight is 429 g/mol. The van der Waals surface area contributed by atoms with Gasteiger partial charge in [0.25, 0.3) is 0 Å². The van der Waals surface area contributed by atoms with Gasteiger partial charge in [0.1, 0.15) is 5.75 Å². The molecule has 0 saturated carbocycles. The summed E-state index contributed by atoms with van der Waals surface area (Å²) in [4.78, 5) is 15.1. The largest absolute Gasteiger partial charge is 0.495 e. The average Bonchev–Trinajstić information content (AvgIpc) is 2.96. The van der Waals surface area contributed by atoms with Crippen molar-refractivity contribution in [3.8, 4) is 5.75 Å². The number of thioether (sulfide) groups is 2. The lowest BCUT2D eigenvalue weighted by atomic mass is 9.92. The van der Waals surface area contributed by atoms with Gasteiger partial charge in [-0.25, -0.2) is 0 Å². The summed E-state index contributed by atoms with van der Waals surface area (Å²) in [6, 6.07) is 5.98. The topological polar surface area (TPSA) is 41.6 Å². The Hall–Kier alpha value is -0.560. The van der Waals surface area contributed by atoms with E-state index in [-0.39, 0.29) is 5.91 Å². The van der Waals surface area contributed by atoms with E-state index in [9.17, 15) is 4.79 Å². The Kier molecular flexibility index (Phi) is 8.49. The molecule has 0 aromatic heterocycles. The first kappa shape index (κ1) is 21.2. The van der Waals surface area contributed by atoms with E-state index >= 15 is 0 Å². The fourth-order valence-corrected chi connectivity index (χ4v) is 6.60. The highest BCUT2D eigenvalue weighted by atomic mass is 35.5. The van der Waals surface area contributed by atoms with E-state index in [1.165, 1.54) is 42.4 Å². The molecule has 2 fully saturated rings. The second-order valence-electron chi connectivity index (χ2n) is 7.24. The van der Waals surface area contributed by atoms with Crippen LogP contribution in [0.2, 0.25) is 5.02 Å². The van der Waals surface area contributed by atoms with Crippen LogP contribution >= 0.6 is 35.1 Å². The molecule has 0 aliphatic carbocycles. The number of rotatable bonds is 6. The molecule has 7 heteroatoms. The van der Waals surface area contributed by atoms with Crippen molar-refractivity contribution in [3.05, 3.63) is 23.2 Å². The second kappa shape index (κ2) is 10.8. The summed E-state index contributed by atoms with van der Waals surface area (Å²) in [6.45, 7) is 2.35. The number of benzene rings is 1. The zero-order valence-corrected chi connectivity index (χ0v) is 18.3. The van der Waals surface area contributed by atoms with Gasteiger partial charge in [0.05, 0.1) is 12.8 Å². The summed E-state index contributed by atoms with van der Waals surface area (Å²) in [5, 5.41) is 3.55. The first-order valence-corrected chi connectivity index (χ1v) is 12.4. The normalized spacial score (nSPS) is 22.2. The van der Waals surface area contributed by atoms with Crippen LogP contribution in [0, 0.1) is 5.92 Å². The van der Waals surface area contributed by atoms with Gasteiger partial charge in [0, 0.05) is 47.0 Å². The molecule has 1 N–H and O–H groups in total. The summed E-state index contributed by atoms with van der Waals surface area (Å²) in [5.41, 5.74) is 0.646. The maximum atomic E-state index is 12.4. The van der Waals surface area contributed by atoms with Crippen molar-refractivity contribution in [3.63, 3.8) is 0 Å². The van der Waals surface area contributed by atoms with Crippen molar-refractivity contribution in [1.29, 1.82) is 0 Å². The number of likely N-dealkylation sites (tertiary alicyclic amines) is 1. The molecule has 1 amide bonds. The van der Waals surface area contributed by atoms with Gasteiger partial charge in [-0.2, -0.15) is 23.5 Å². The minimum atomic E-state index is 0.0354. The second-order valence-corrected chi connectivity index (χ2v) is 9.97. The van der Waals surface area contributed by atoms with Crippen molar-refractivity contribution in [2.45, 2.75) is 31.7 Å². The molecular weight excluding hydrogens is 400 g/mol. The monoisotopic (exact) mass is 428 g/mol. The van der Waals surface area contributed by atoms with Crippen molar-refractivity contribution in [1.82, 2.24) is 4.90 Å². The minimum Gasteiger partial charge on any atom is -0.495 e. The maximum Gasteiger partial charge on any atom is 0.224 e. The third-order valence-electron chi connectivity index (χ3n) is 5.27. The Morgan fingerprint density at radius 2 is 2.11 bits per heavy atom. The van der Waals surface area contributed by atoms with Crippen LogP contribution in [0.15, 0.2) is 18.2 Å². The van der Waals surface area contributed by atoms with E-state index in [4.69, 9.17) is 16.3 Å². The van der Waals surface area contributed by atoms with Gasteiger partial charge in [0.15, 0.2) is 0 Å². The molecule has 0 unspecified atom stereocenters. The predicted molar refractivity (Wildman–Crippen MR) is 119 cm³/mol. The zero-order valence-electron chi connectivity index (χ0n) is 15.9. The number of piperidine rings is 1. The maximum absolute atomic E-state index is 12.4. The number of carbonyl (C=O) groups is 1. The molecule has 2 saturated heterocycles. The first-order chi connectivity index (χ1) is 13.2. The molecule has 0 bridgehead atoms. The predicted octanol–water partition coefficient (Wildman–Crippen LogP) is 4.63. The molecule has 1 atom stereocenters. The fourth-order valence-electron chi connectivity index (χ4n) is 3.81. The van der Waals surface area contributed by atoms with E-state index < -0.39 is 0 Å². The summed E-state index contributed by atoms with van der Waals surface area (Å²) in [6.07, 6.45) is 3.97. The number of nitrogens with one attached hydrogen (secondary N) is 1. The Balaban J connectivity index is 1.47. The number of halogens is 1. The van der Waals surface area contributed by atoms with Gasteiger partial charge >= 0.3 is 0 Å². The summed E-state index contributed by atoms with van der Waals surface area (Å²) in [7, 11) is 1.60. The Labute approximate surface area is 176 Å². The summed E-state index contributed by atoms with van der Waals surface area (Å²) < 4.78 is 5.30. The van der Waals surface area contributed by atoms with Gasteiger partial charge in [0.2, 0.25) is 5.91 Å². The third kappa shape index (κ3) is 6.48. The quantitative estimate of drug-likeness (QED) is 0.715. The standard InChI is InChI=1S/C20H29ClN2O2S2/c1-25-19-6-5-16(21)11-18(19)22-20(24)7-4-15-3-2-8-23(12-15)17-13-26-9-10-27-14-17/h5-6,11,15,17H,2-4,7-10,12-14H2,1H3,(H,22,24)/t15-/m1/s1. The van der Waals surface area contributed by atoms with Crippen molar-refractivity contribution in [2.75, 3.05) is 48.5 Å². The summed E-state index contributed by atoms with van der Waals surface area (Å²) >= 11 is 10.2. The lowest BCUT2D eigenvalue weighted by Gasteiger charge is -2.37. The molecule has 1 aromatic rings. The smallest absolute Gasteiger partial charge is 0.224 e. The van der Waals surface area contributed by atoms with E-state index in [1.807, 2.05) is 0 Å². The van der Waals surface area contributed by atoms with Crippen LogP contribution in [0.25, 0.3) is 0 Å². The molecule has 2 aliphatic heterocycles. The molecule has 150 valence electrons. The van der Waals surface area contributed by atoms with Crippen molar-refractivity contribution < 1.29 is 9.53 Å². The van der Waals surface area contributed by atoms with E-state index in [0.717, 1.165) is 13.0 Å². The number of anilines is 1. The molecule has 0 spiro atoms. The lowest BCUT2D eigenvalue weighted by Crippen LogP contribution is -2.45. The van der Waals surface area contributed by atoms with Gasteiger partial charge in [-0.15, -0.1) is 0 Å². The van der Waals surface area contributed by atoms with Crippen molar-refractivity contribution >= 4 is 46.7 Å². The van der Waals surface area contributed by atoms with Crippen molar-refractivity contribution in [2.24, 2.45) is 5.92 Å². The number of nitrogens with zero attached hydrogens (tertiary/aromatic N) is 1. The number of ether oxygens (including phenoxy) is 1. The fraction of sp³-hybridized carbons (Fsp3) is 0.650. The Morgan fingerprint density at radius 1 is 1.33 bits per heavy atom. The molecule has 2 heterocycles. The SMILES string of the molecule is COc1ccc(Cl)cc1NC(=O)CC[C@H]1CCCN(C2CSCCSC2)C1. The number of methoxy groups -OCH3 is 1. The third-order valence-corrected chi connectivity index (χ3v) is 7.99. The van der Waals surface area contributed by atoms with E-state index in [2.05, 4.69) is 33.7 Å². The molecule has 3 rings (SSSR count). The van der Waals surface area contributed by atoms with E-state index in [1.54, 1.807) is 25.3 Å². The molecule has 27 heavy (non-hydrogen) atoms. The van der Waals surface area contributed by atoms with Crippen LogP contribution in [0.3, 0.4) is 0 Å². The molecule has 2 aliphatic rings. The highest BCUT2D eigenvalue weighted by Gasteiger charge is 2.27. The number of carbonyl (C=O) groups excluding carboxylic acids is 1. The van der Waals surface area contributed by atoms with Gasteiger partial charge < -0.3 is 10.1 Å². The number of hydrogen-bond acceptors (Lipinski definition) is 5. The van der Waals surface area contributed by atoms with Crippen LogP contribution in [0.5, 0.6) is 5.75 Å². The summed E-state index contributed by atoms with van der Waals surface area (Å²) in [5.74, 6) is 6.37. The molecular formula is C20H29ClN2O2S2. The van der Waals surface area contributed by atoms with Crippen LogP contribution in [-0.4, -0.2) is 60.1 Å². The lowest BCUT2D eigenvalue weighted by molar-refractivity contribution is -0.116. The first-order valence-electron chi connectivity index (χ1n) is 9.68. The molecule has 1 aromatic carbocycles.